The number of likely N-dealkylation sites (tertiary alicyclic amines) is 2. The molecule has 2 heterocycles. The van der Waals surface area contributed by atoms with Crippen molar-refractivity contribution >= 4 is 35.9 Å². The number of amides is 5. The number of hydrogen-bond donors (Lipinski definition) is 3. The van der Waals surface area contributed by atoms with Gasteiger partial charge in [-0.05, 0) is 57.6 Å². The van der Waals surface area contributed by atoms with Crippen molar-refractivity contribution in [1.29, 1.82) is 0 Å². The molecule has 13 nitrogen and oxygen atoms in total. The first kappa shape index (κ1) is 33.0. The number of nitrogens with zero attached hydrogens (tertiary/aromatic N) is 3. The Morgan fingerprint density at radius 3 is 2.29 bits per heavy atom. The molecule has 0 unspecified atom stereocenters. The molecule has 4 rings (SSSR count). The Balaban J connectivity index is 1.40. The van der Waals surface area contributed by atoms with Crippen LogP contribution in [0.1, 0.15) is 63.6 Å². The summed E-state index contributed by atoms with van der Waals surface area (Å²) in [5, 5.41) is 5.42. The van der Waals surface area contributed by atoms with Gasteiger partial charge in [0.15, 0.2) is 0 Å². The van der Waals surface area contributed by atoms with Gasteiger partial charge in [-0.3, -0.25) is 19.3 Å². The third kappa shape index (κ3) is 9.03. The van der Waals surface area contributed by atoms with Crippen molar-refractivity contribution in [2.75, 3.05) is 13.1 Å². The molecule has 2 aromatic carbocycles. The molecule has 2 aliphatic heterocycles. The molecule has 5 amide bonds. The molecular weight excluding hydrogens is 580 g/mol. The van der Waals surface area contributed by atoms with Gasteiger partial charge in [0.05, 0.1) is 0 Å². The number of hydrogen-bond acceptors (Lipinski definition) is 7. The molecule has 0 aliphatic carbocycles. The van der Waals surface area contributed by atoms with E-state index >= 15 is 0 Å². The second-order valence-electron chi connectivity index (χ2n) is 11.9. The minimum Gasteiger partial charge on any atom is -0.444 e. The summed E-state index contributed by atoms with van der Waals surface area (Å²) in [5.74, 6) is -1.81. The number of guanidine groups is 1. The minimum absolute atomic E-state index is 0.00187. The van der Waals surface area contributed by atoms with E-state index in [1.165, 1.54) is 4.90 Å². The summed E-state index contributed by atoms with van der Waals surface area (Å²) < 4.78 is 10.5. The van der Waals surface area contributed by atoms with E-state index in [1.54, 1.807) is 63.2 Å². The van der Waals surface area contributed by atoms with E-state index in [4.69, 9.17) is 15.2 Å². The number of carbonyl (C=O) groups excluding carboxylic acids is 5. The second-order valence-corrected chi connectivity index (χ2v) is 11.9. The Bertz CT molecular complexity index is 1410. The van der Waals surface area contributed by atoms with Crippen molar-refractivity contribution in [3.63, 3.8) is 0 Å². The third-order valence-electron chi connectivity index (χ3n) is 7.32. The summed E-state index contributed by atoms with van der Waals surface area (Å²) in [7, 11) is 0. The van der Waals surface area contributed by atoms with Gasteiger partial charge >= 0.3 is 12.2 Å². The van der Waals surface area contributed by atoms with Crippen LogP contribution >= 0.6 is 0 Å². The summed E-state index contributed by atoms with van der Waals surface area (Å²) in [6.45, 7) is 5.67. The summed E-state index contributed by atoms with van der Waals surface area (Å²) in [6.07, 6.45) is 0.0831. The molecule has 0 radical (unpaired) electrons. The van der Waals surface area contributed by atoms with Crippen molar-refractivity contribution < 1.29 is 33.4 Å². The van der Waals surface area contributed by atoms with E-state index in [0.717, 1.165) is 10.5 Å². The lowest BCUT2D eigenvalue weighted by molar-refractivity contribution is -0.142. The molecule has 240 valence electrons. The van der Waals surface area contributed by atoms with E-state index in [2.05, 4.69) is 15.6 Å². The largest absolute Gasteiger partial charge is 0.444 e. The topological polar surface area (TPSA) is 173 Å². The number of nitrogens with one attached hydrogen (secondary N) is 2. The Morgan fingerprint density at radius 1 is 0.978 bits per heavy atom. The Hall–Kier alpha value is -4.94. The summed E-state index contributed by atoms with van der Waals surface area (Å²) in [6, 6.07) is 14.9. The zero-order valence-electron chi connectivity index (χ0n) is 25.7. The van der Waals surface area contributed by atoms with Gasteiger partial charge in [0.2, 0.25) is 11.9 Å². The van der Waals surface area contributed by atoms with Crippen LogP contribution < -0.4 is 16.4 Å². The number of rotatable bonds is 7. The summed E-state index contributed by atoms with van der Waals surface area (Å²) in [5.41, 5.74) is 6.53. The maximum Gasteiger partial charge on any atom is 0.437 e. The van der Waals surface area contributed by atoms with Gasteiger partial charge in [0, 0.05) is 13.1 Å². The molecule has 0 spiro atoms. The number of benzene rings is 2. The highest BCUT2D eigenvalue weighted by atomic mass is 16.6. The van der Waals surface area contributed by atoms with E-state index < -0.39 is 53.6 Å². The number of nitrogens with two attached hydrogens (primary N) is 1. The standard InChI is InChI=1S/C32H40N6O7/c1-32(2,3)45-31(43)35-25(22-14-8-5-9-15-22)28(41)37-18-11-17-24(37)26(39)34-23-16-10-19-38(27(23)40)29(33)36-30(42)44-20-21-12-6-4-7-13-21/h4-9,12-15,23-25H,10-11,16-20H2,1-3H3,(H,34,39)(H,35,43)(H2,33,36,42)/t23-,24-,25+/m0/s1. The van der Waals surface area contributed by atoms with Gasteiger partial charge < -0.3 is 30.7 Å². The third-order valence-corrected chi connectivity index (χ3v) is 7.32. The van der Waals surface area contributed by atoms with Crippen LogP contribution in [0.3, 0.4) is 0 Å². The van der Waals surface area contributed by atoms with Gasteiger partial charge in [-0.1, -0.05) is 60.7 Å². The molecule has 13 heteroatoms. The zero-order valence-corrected chi connectivity index (χ0v) is 25.7. The monoisotopic (exact) mass is 620 g/mol. The average molecular weight is 621 g/mol. The molecular formula is C32H40N6O7. The lowest BCUT2D eigenvalue weighted by Gasteiger charge is -2.33. The first-order chi connectivity index (χ1) is 21.4. The maximum atomic E-state index is 13.8. The van der Waals surface area contributed by atoms with Crippen molar-refractivity contribution in [3.8, 4) is 0 Å². The van der Waals surface area contributed by atoms with Gasteiger partial charge in [-0.2, -0.15) is 0 Å². The molecule has 4 N–H and O–H groups in total. The first-order valence-corrected chi connectivity index (χ1v) is 14.9. The van der Waals surface area contributed by atoms with Crippen molar-refractivity contribution in [2.24, 2.45) is 10.7 Å². The molecule has 3 atom stereocenters. The van der Waals surface area contributed by atoms with Crippen LogP contribution in [-0.4, -0.2) is 76.4 Å². The molecule has 45 heavy (non-hydrogen) atoms. The second kappa shape index (κ2) is 14.7. The first-order valence-electron chi connectivity index (χ1n) is 14.9. The number of ether oxygens (including phenoxy) is 2. The van der Waals surface area contributed by atoms with Crippen molar-refractivity contribution in [3.05, 3.63) is 71.8 Å². The lowest BCUT2D eigenvalue weighted by Crippen LogP contribution is -2.58. The fourth-order valence-corrected chi connectivity index (χ4v) is 5.24. The number of piperidine rings is 1. The fourth-order valence-electron chi connectivity index (χ4n) is 5.24. The van der Waals surface area contributed by atoms with Crippen LogP contribution in [0.5, 0.6) is 0 Å². The predicted molar refractivity (Wildman–Crippen MR) is 164 cm³/mol. The Labute approximate surface area is 262 Å². The number of carbonyl (C=O) groups is 5. The summed E-state index contributed by atoms with van der Waals surface area (Å²) in [4.78, 5) is 71.8. The van der Waals surface area contributed by atoms with Crippen LogP contribution in [0.2, 0.25) is 0 Å². The Kier molecular flexibility index (Phi) is 10.8. The van der Waals surface area contributed by atoms with Gasteiger partial charge in [0.25, 0.3) is 11.8 Å². The SMILES string of the molecule is CC(C)(C)OC(=O)N[C@@H](C(=O)N1CCC[C@H]1C(=O)N[C@H]1CCCN(/C(N)=N\C(=O)OCc2ccccc2)C1=O)c1ccccc1. The number of aliphatic imine (C=N–C) groups is 1. The minimum atomic E-state index is -1.08. The van der Waals surface area contributed by atoms with Gasteiger partial charge in [-0.15, -0.1) is 4.99 Å². The van der Waals surface area contributed by atoms with E-state index in [1.807, 2.05) is 18.2 Å². The molecule has 2 saturated heterocycles. The van der Waals surface area contributed by atoms with E-state index in [0.29, 0.717) is 37.8 Å². The highest BCUT2D eigenvalue weighted by Crippen LogP contribution is 2.25. The van der Waals surface area contributed by atoms with Crippen LogP contribution in [-0.2, 0) is 30.5 Å². The molecule has 2 aromatic rings. The fraction of sp³-hybridized carbons (Fsp3) is 0.438. The van der Waals surface area contributed by atoms with Crippen LogP contribution in [0.4, 0.5) is 9.59 Å². The van der Waals surface area contributed by atoms with Crippen LogP contribution in [0.15, 0.2) is 65.7 Å². The van der Waals surface area contributed by atoms with Crippen LogP contribution in [0, 0.1) is 0 Å². The Morgan fingerprint density at radius 2 is 1.62 bits per heavy atom. The number of alkyl carbamates (subject to hydrolysis) is 1. The zero-order chi connectivity index (χ0) is 32.6. The van der Waals surface area contributed by atoms with E-state index in [-0.39, 0.29) is 19.1 Å². The molecule has 2 aliphatic rings. The van der Waals surface area contributed by atoms with Crippen molar-refractivity contribution in [2.45, 2.75) is 76.8 Å². The smallest absolute Gasteiger partial charge is 0.437 e. The maximum absolute atomic E-state index is 13.8. The molecule has 0 bridgehead atoms. The quantitative estimate of drug-likeness (QED) is 0.313. The highest BCUT2D eigenvalue weighted by Gasteiger charge is 2.41. The lowest BCUT2D eigenvalue weighted by atomic mass is 10.0. The molecule has 0 saturated carbocycles. The van der Waals surface area contributed by atoms with Crippen LogP contribution in [0.25, 0.3) is 0 Å². The van der Waals surface area contributed by atoms with E-state index in [9.17, 15) is 24.0 Å². The van der Waals surface area contributed by atoms with Crippen molar-refractivity contribution in [1.82, 2.24) is 20.4 Å². The predicted octanol–water partition coefficient (Wildman–Crippen LogP) is 3.00. The highest BCUT2D eigenvalue weighted by molar-refractivity contribution is 6.03. The average Bonchev–Trinajstić information content (AvgIpc) is 3.50. The normalized spacial score (nSPS) is 19.4. The van der Waals surface area contributed by atoms with Gasteiger partial charge in [-0.25, -0.2) is 9.59 Å². The van der Waals surface area contributed by atoms with Gasteiger partial charge in [0.1, 0.15) is 30.3 Å². The summed E-state index contributed by atoms with van der Waals surface area (Å²) >= 11 is 0. The molecule has 2 fully saturated rings. The molecule has 0 aromatic heterocycles.